The third-order valence-corrected chi connectivity index (χ3v) is 3.85. The van der Waals surface area contributed by atoms with Crippen LogP contribution >= 0.6 is 0 Å². The summed E-state index contributed by atoms with van der Waals surface area (Å²) in [6, 6.07) is 17.5. The lowest BCUT2D eigenvalue weighted by molar-refractivity contribution is 0.723. The Morgan fingerprint density at radius 2 is 1.76 bits per heavy atom. The highest BCUT2D eigenvalue weighted by Gasteiger charge is 2.07. The maximum atomic E-state index is 3.39. The van der Waals surface area contributed by atoms with Crippen LogP contribution in [0, 0.1) is 6.92 Å². The van der Waals surface area contributed by atoms with E-state index in [0.717, 1.165) is 26.2 Å². The maximum Gasteiger partial charge on any atom is 0.0429 e. The molecule has 0 atom stereocenters. The molecule has 0 aliphatic carbocycles. The first kappa shape index (κ1) is 15.6. The highest BCUT2D eigenvalue weighted by molar-refractivity contribution is 5.51. The first-order valence-electron chi connectivity index (χ1n) is 7.83. The number of nitrogens with one attached hydrogen (secondary N) is 1. The molecule has 0 saturated heterocycles. The van der Waals surface area contributed by atoms with Crippen LogP contribution in [0.25, 0.3) is 0 Å². The van der Waals surface area contributed by atoms with Crippen molar-refractivity contribution in [3.05, 3.63) is 65.2 Å². The average molecular weight is 282 g/mol. The Labute approximate surface area is 128 Å². The molecule has 0 radical (unpaired) electrons. The van der Waals surface area contributed by atoms with Gasteiger partial charge < -0.3 is 10.2 Å². The second-order valence-electron chi connectivity index (χ2n) is 5.39. The molecule has 0 spiro atoms. The van der Waals surface area contributed by atoms with Crippen molar-refractivity contribution >= 4 is 5.69 Å². The maximum absolute atomic E-state index is 3.39. The van der Waals surface area contributed by atoms with Gasteiger partial charge in [0.15, 0.2) is 0 Å². The first-order valence-corrected chi connectivity index (χ1v) is 7.83. The number of hydrogen-bond donors (Lipinski definition) is 1. The van der Waals surface area contributed by atoms with E-state index in [1.165, 1.54) is 22.4 Å². The van der Waals surface area contributed by atoms with Crippen molar-refractivity contribution in [2.45, 2.75) is 33.9 Å². The van der Waals surface area contributed by atoms with Crippen molar-refractivity contribution < 1.29 is 0 Å². The van der Waals surface area contributed by atoms with Crippen LogP contribution in [0.15, 0.2) is 48.5 Å². The van der Waals surface area contributed by atoms with E-state index in [2.05, 4.69) is 79.5 Å². The minimum Gasteiger partial charge on any atom is -0.367 e. The van der Waals surface area contributed by atoms with Crippen molar-refractivity contribution in [2.75, 3.05) is 18.0 Å². The van der Waals surface area contributed by atoms with Crippen LogP contribution in [0.2, 0.25) is 0 Å². The second-order valence-corrected chi connectivity index (χ2v) is 5.39. The Kier molecular flexibility index (Phi) is 5.82. The lowest BCUT2D eigenvalue weighted by Crippen LogP contribution is -2.22. The Bertz CT molecular complexity index is 549. The fourth-order valence-corrected chi connectivity index (χ4v) is 2.52. The lowest BCUT2D eigenvalue weighted by Gasteiger charge is -2.24. The zero-order valence-electron chi connectivity index (χ0n) is 13.4. The van der Waals surface area contributed by atoms with Crippen LogP contribution in [0.3, 0.4) is 0 Å². The molecule has 0 bridgehead atoms. The zero-order valence-corrected chi connectivity index (χ0v) is 13.4. The zero-order chi connectivity index (χ0) is 15.1. The van der Waals surface area contributed by atoms with Crippen molar-refractivity contribution in [3.63, 3.8) is 0 Å². The molecule has 0 amide bonds. The van der Waals surface area contributed by atoms with E-state index in [4.69, 9.17) is 0 Å². The molecule has 0 aliphatic heterocycles. The molecule has 2 nitrogen and oxygen atoms in total. The highest BCUT2D eigenvalue weighted by atomic mass is 15.1. The van der Waals surface area contributed by atoms with Gasteiger partial charge >= 0.3 is 0 Å². The van der Waals surface area contributed by atoms with Crippen LogP contribution in [0.1, 0.15) is 30.5 Å². The van der Waals surface area contributed by atoms with Crippen molar-refractivity contribution in [1.82, 2.24) is 5.32 Å². The molecule has 0 aliphatic rings. The number of benzene rings is 2. The first-order chi connectivity index (χ1) is 10.2. The molecule has 112 valence electrons. The van der Waals surface area contributed by atoms with E-state index in [1.54, 1.807) is 0 Å². The fourth-order valence-electron chi connectivity index (χ4n) is 2.52. The summed E-state index contributed by atoms with van der Waals surface area (Å²) in [5.74, 6) is 0. The van der Waals surface area contributed by atoms with Gasteiger partial charge in [-0.2, -0.15) is 0 Å². The summed E-state index contributed by atoms with van der Waals surface area (Å²) in [5, 5.41) is 3.39. The Balaban J connectivity index is 2.13. The van der Waals surface area contributed by atoms with E-state index in [-0.39, 0.29) is 0 Å². The monoisotopic (exact) mass is 282 g/mol. The minimum atomic E-state index is 0.952. The third-order valence-electron chi connectivity index (χ3n) is 3.85. The van der Waals surface area contributed by atoms with Crippen LogP contribution in [-0.2, 0) is 13.1 Å². The highest BCUT2D eigenvalue weighted by Crippen LogP contribution is 2.21. The molecule has 0 fully saturated rings. The van der Waals surface area contributed by atoms with Gasteiger partial charge in [-0.05, 0) is 49.2 Å². The third kappa shape index (κ3) is 4.33. The number of nitrogens with zero attached hydrogens (tertiary/aromatic N) is 1. The molecule has 2 rings (SSSR count). The van der Waals surface area contributed by atoms with Crippen LogP contribution < -0.4 is 10.2 Å². The Morgan fingerprint density at radius 1 is 1.00 bits per heavy atom. The molecule has 0 aromatic heterocycles. The summed E-state index contributed by atoms with van der Waals surface area (Å²) in [4.78, 5) is 2.42. The standard InChI is InChI=1S/C19H26N2/c1-4-20-14-18-11-12-19(13-16(18)3)21(5-2)15-17-9-7-6-8-10-17/h6-13,20H,4-5,14-15H2,1-3H3. The molecule has 1 N–H and O–H groups in total. The molecule has 2 heteroatoms. The Hall–Kier alpha value is -1.80. The fraction of sp³-hybridized carbons (Fsp3) is 0.368. The summed E-state index contributed by atoms with van der Waals surface area (Å²) < 4.78 is 0. The van der Waals surface area contributed by atoms with E-state index >= 15 is 0 Å². The van der Waals surface area contributed by atoms with Crippen LogP contribution in [0.4, 0.5) is 5.69 Å². The second kappa shape index (κ2) is 7.84. The van der Waals surface area contributed by atoms with E-state index < -0.39 is 0 Å². The molecule has 0 heterocycles. The molecule has 2 aromatic carbocycles. The summed E-state index contributed by atoms with van der Waals surface area (Å²) >= 11 is 0. The van der Waals surface area contributed by atoms with Crippen molar-refractivity contribution in [2.24, 2.45) is 0 Å². The van der Waals surface area contributed by atoms with Crippen LogP contribution in [0.5, 0.6) is 0 Å². The van der Waals surface area contributed by atoms with Gasteiger partial charge in [-0.15, -0.1) is 0 Å². The molecule has 2 aromatic rings. The minimum absolute atomic E-state index is 0.952. The van der Waals surface area contributed by atoms with Gasteiger partial charge in [-0.3, -0.25) is 0 Å². The topological polar surface area (TPSA) is 15.3 Å². The SMILES string of the molecule is CCNCc1ccc(N(CC)Cc2ccccc2)cc1C. The van der Waals surface area contributed by atoms with E-state index in [0.29, 0.717) is 0 Å². The molecule has 21 heavy (non-hydrogen) atoms. The predicted octanol–water partition coefficient (Wildman–Crippen LogP) is 4.13. The van der Waals surface area contributed by atoms with E-state index in [9.17, 15) is 0 Å². The summed E-state index contributed by atoms with van der Waals surface area (Å²) in [6.45, 7) is 10.5. The smallest absolute Gasteiger partial charge is 0.0429 e. The largest absolute Gasteiger partial charge is 0.367 e. The summed E-state index contributed by atoms with van der Waals surface area (Å²) in [7, 11) is 0. The average Bonchev–Trinajstić information content (AvgIpc) is 2.52. The van der Waals surface area contributed by atoms with Gasteiger partial charge in [-0.25, -0.2) is 0 Å². The molecular weight excluding hydrogens is 256 g/mol. The van der Waals surface area contributed by atoms with Gasteiger partial charge in [0, 0.05) is 25.3 Å². The summed E-state index contributed by atoms with van der Waals surface area (Å²) in [6.07, 6.45) is 0. The lowest BCUT2D eigenvalue weighted by atomic mass is 10.1. The molecule has 0 unspecified atom stereocenters. The quantitative estimate of drug-likeness (QED) is 0.821. The number of rotatable bonds is 7. The number of anilines is 1. The van der Waals surface area contributed by atoms with Gasteiger partial charge in [0.05, 0.1) is 0 Å². The summed E-state index contributed by atoms with van der Waals surface area (Å²) in [5.41, 5.74) is 5.41. The van der Waals surface area contributed by atoms with Gasteiger partial charge in [0.1, 0.15) is 0 Å². The normalized spacial score (nSPS) is 10.6. The van der Waals surface area contributed by atoms with Gasteiger partial charge in [-0.1, -0.05) is 43.3 Å². The Morgan fingerprint density at radius 3 is 2.38 bits per heavy atom. The van der Waals surface area contributed by atoms with Crippen molar-refractivity contribution in [3.8, 4) is 0 Å². The molecule has 0 saturated carbocycles. The van der Waals surface area contributed by atoms with Gasteiger partial charge in [0.25, 0.3) is 0 Å². The number of aryl methyl sites for hydroxylation is 1. The molecular formula is C19H26N2. The van der Waals surface area contributed by atoms with Gasteiger partial charge in [0.2, 0.25) is 0 Å². The predicted molar refractivity (Wildman–Crippen MR) is 91.7 cm³/mol. The van der Waals surface area contributed by atoms with E-state index in [1.807, 2.05) is 0 Å². The van der Waals surface area contributed by atoms with Crippen molar-refractivity contribution in [1.29, 1.82) is 0 Å². The number of hydrogen-bond acceptors (Lipinski definition) is 2. The van der Waals surface area contributed by atoms with Crippen LogP contribution in [-0.4, -0.2) is 13.1 Å².